The predicted octanol–water partition coefficient (Wildman–Crippen LogP) is 0.896. The number of ether oxygens (including phenoxy) is 1. The van der Waals surface area contributed by atoms with E-state index in [1.165, 1.54) is 6.20 Å². The summed E-state index contributed by atoms with van der Waals surface area (Å²) in [5.74, 6) is 4.53. The van der Waals surface area contributed by atoms with Gasteiger partial charge in [0.2, 0.25) is 5.88 Å². The SMILES string of the molecule is O=C(O)C#Cc1ccc(OCC2CCNCC2)nc1. The van der Waals surface area contributed by atoms with E-state index in [1.54, 1.807) is 12.1 Å². The molecule has 2 rings (SSSR count). The Bertz CT molecular complexity index is 482. The lowest BCUT2D eigenvalue weighted by molar-refractivity contribution is -0.130. The molecule has 19 heavy (non-hydrogen) atoms. The van der Waals surface area contributed by atoms with Gasteiger partial charge in [0.15, 0.2) is 0 Å². The van der Waals surface area contributed by atoms with Gasteiger partial charge in [-0.3, -0.25) is 0 Å². The van der Waals surface area contributed by atoms with Crippen molar-refractivity contribution in [2.75, 3.05) is 19.7 Å². The van der Waals surface area contributed by atoms with Crippen LogP contribution in [0.5, 0.6) is 5.88 Å². The Balaban J connectivity index is 1.85. The molecule has 0 radical (unpaired) electrons. The first-order valence-corrected chi connectivity index (χ1v) is 6.28. The topological polar surface area (TPSA) is 71.5 Å². The zero-order valence-corrected chi connectivity index (χ0v) is 10.6. The van der Waals surface area contributed by atoms with Crippen LogP contribution in [0.4, 0.5) is 0 Å². The molecule has 0 aromatic carbocycles. The fourth-order valence-corrected chi connectivity index (χ4v) is 1.92. The minimum absolute atomic E-state index is 0.555. The molecule has 0 aliphatic carbocycles. The molecule has 1 fully saturated rings. The van der Waals surface area contributed by atoms with Crippen LogP contribution in [0.1, 0.15) is 18.4 Å². The maximum absolute atomic E-state index is 10.3. The van der Waals surface area contributed by atoms with E-state index < -0.39 is 5.97 Å². The molecule has 0 bridgehead atoms. The van der Waals surface area contributed by atoms with Gasteiger partial charge in [0.1, 0.15) is 0 Å². The average molecular weight is 260 g/mol. The molecule has 1 saturated heterocycles. The Kier molecular flexibility index (Phi) is 4.76. The molecule has 1 aromatic rings. The quantitative estimate of drug-likeness (QED) is 0.790. The van der Waals surface area contributed by atoms with Crippen molar-refractivity contribution in [1.82, 2.24) is 10.3 Å². The van der Waals surface area contributed by atoms with Gasteiger partial charge in [-0.1, -0.05) is 5.92 Å². The average Bonchev–Trinajstić information content (AvgIpc) is 2.45. The second kappa shape index (κ2) is 6.76. The van der Waals surface area contributed by atoms with E-state index in [-0.39, 0.29) is 0 Å². The lowest BCUT2D eigenvalue weighted by Crippen LogP contribution is -2.30. The summed E-state index contributed by atoms with van der Waals surface area (Å²) in [5.41, 5.74) is 0.566. The molecule has 5 nitrogen and oxygen atoms in total. The van der Waals surface area contributed by atoms with Crippen molar-refractivity contribution in [2.45, 2.75) is 12.8 Å². The third kappa shape index (κ3) is 4.60. The van der Waals surface area contributed by atoms with Crippen molar-refractivity contribution in [2.24, 2.45) is 5.92 Å². The minimum Gasteiger partial charge on any atom is -0.477 e. The normalized spacial score (nSPS) is 15.4. The van der Waals surface area contributed by atoms with Crippen molar-refractivity contribution in [3.63, 3.8) is 0 Å². The molecule has 100 valence electrons. The Hall–Kier alpha value is -2.06. The highest BCUT2D eigenvalue weighted by molar-refractivity contribution is 5.87. The Morgan fingerprint density at radius 2 is 2.26 bits per heavy atom. The summed E-state index contributed by atoms with van der Waals surface area (Å²) in [6, 6.07) is 3.42. The second-order valence-corrected chi connectivity index (χ2v) is 4.44. The number of hydrogen-bond donors (Lipinski definition) is 2. The molecule has 2 N–H and O–H groups in total. The van der Waals surface area contributed by atoms with Crippen molar-refractivity contribution in [3.05, 3.63) is 23.9 Å². The summed E-state index contributed by atoms with van der Waals surface area (Å²) in [6.07, 6.45) is 3.78. The van der Waals surface area contributed by atoms with Crippen molar-refractivity contribution in [1.29, 1.82) is 0 Å². The molecular formula is C14H16N2O3. The summed E-state index contributed by atoms with van der Waals surface area (Å²) in [7, 11) is 0. The standard InChI is InChI=1S/C14H16N2O3/c17-14(18)4-2-11-1-3-13(16-9-11)19-10-12-5-7-15-8-6-12/h1,3,9,12,15H,5-8,10H2,(H,17,18). The molecule has 0 spiro atoms. The smallest absolute Gasteiger partial charge is 0.382 e. The maximum Gasteiger partial charge on any atom is 0.382 e. The highest BCUT2D eigenvalue weighted by Crippen LogP contribution is 2.14. The number of carboxylic acid groups (broad SMARTS) is 1. The number of carbonyl (C=O) groups is 1. The second-order valence-electron chi connectivity index (χ2n) is 4.44. The van der Waals surface area contributed by atoms with Gasteiger partial charge in [-0.05, 0) is 37.9 Å². The van der Waals surface area contributed by atoms with E-state index in [0.717, 1.165) is 25.9 Å². The third-order valence-corrected chi connectivity index (χ3v) is 2.98. The van der Waals surface area contributed by atoms with Gasteiger partial charge in [0, 0.05) is 23.7 Å². The van der Waals surface area contributed by atoms with Crippen LogP contribution in [0, 0.1) is 17.8 Å². The number of carboxylic acids is 1. The van der Waals surface area contributed by atoms with E-state index in [9.17, 15) is 4.79 Å². The van der Waals surface area contributed by atoms with Gasteiger partial charge in [-0.25, -0.2) is 9.78 Å². The van der Waals surface area contributed by atoms with Crippen molar-refractivity contribution in [3.8, 4) is 17.7 Å². The highest BCUT2D eigenvalue weighted by atomic mass is 16.5. The van der Waals surface area contributed by atoms with Crippen LogP contribution in [0.3, 0.4) is 0 Å². The summed E-state index contributed by atoms with van der Waals surface area (Å²) in [6.45, 7) is 2.77. The zero-order valence-electron chi connectivity index (χ0n) is 10.6. The van der Waals surface area contributed by atoms with Crippen LogP contribution in [0.15, 0.2) is 18.3 Å². The fourth-order valence-electron chi connectivity index (χ4n) is 1.92. The Morgan fingerprint density at radius 1 is 1.47 bits per heavy atom. The van der Waals surface area contributed by atoms with Crippen LogP contribution in [-0.4, -0.2) is 35.8 Å². The number of rotatable bonds is 3. The first kappa shape index (κ1) is 13.4. The van der Waals surface area contributed by atoms with E-state index >= 15 is 0 Å². The van der Waals surface area contributed by atoms with Crippen LogP contribution >= 0.6 is 0 Å². The van der Waals surface area contributed by atoms with Crippen LogP contribution in [0.25, 0.3) is 0 Å². The zero-order chi connectivity index (χ0) is 13.5. The van der Waals surface area contributed by atoms with Crippen LogP contribution in [0.2, 0.25) is 0 Å². The van der Waals surface area contributed by atoms with Gasteiger partial charge in [0.25, 0.3) is 0 Å². The number of nitrogens with zero attached hydrogens (tertiary/aromatic N) is 1. The summed E-state index contributed by atoms with van der Waals surface area (Å²) >= 11 is 0. The molecule has 0 saturated carbocycles. The molecule has 0 unspecified atom stereocenters. The lowest BCUT2D eigenvalue weighted by atomic mass is 9.99. The number of pyridine rings is 1. The van der Waals surface area contributed by atoms with Gasteiger partial charge in [-0.15, -0.1) is 0 Å². The number of aliphatic carboxylic acids is 1. The van der Waals surface area contributed by atoms with E-state index in [1.807, 2.05) is 5.92 Å². The van der Waals surface area contributed by atoms with E-state index in [2.05, 4.69) is 16.2 Å². The molecule has 1 aromatic heterocycles. The first-order valence-electron chi connectivity index (χ1n) is 6.28. The number of piperidine rings is 1. The highest BCUT2D eigenvalue weighted by Gasteiger charge is 2.13. The van der Waals surface area contributed by atoms with Gasteiger partial charge in [0.05, 0.1) is 6.61 Å². The Morgan fingerprint density at radius 3 is 2.89 bits per heavy atom. The van der Waals surface area contributed by atoms with E-state index in [4.69, 9.17) is 9.84 Å². The number of nitrogens with one attached hydrogen (secondary N) is 1. The van der Waals surface area contributed by atoms with Crippen molar-refractivity contribution < 1.29 is 14.6 Å². The lowest BCUT2D eigenvalue weighted by Gasteiger charge is -2.22. The summed E-state index contributed by atoms with van der Waals surface area (Å²) in [5, 5.41) is 11.7. The molecule has 5 heteroatoms. The summed E-state index contributed by atoms with van der Waals surface area (Å²) < 4.78 is 5.62. The minimum atomic E-state index is -1.15. The predicted molar refractivity (Wildman–Crippen MR) is 69.8 cm³/mol. The molecule has 1 aliphatic heterocycles. The molecular weight excluding hydrogens is 244 g/mol. The molecule has 0 amide bonds. The summed E-state index contributed by atoms with van der Waals surface area (Å²) in [4.78, 5) is 14.4. The number of aromatic nitrogens is 1. The third-order valence-electron chi connectivity index (χ3n) is 2.98. The largest absolute Gasteiger partial charge is 0.477 e. The monoisotopic (exact) mass is 260 g/mol. The van der Waals surface area contributed by atoms with Gasteiger partial charge < -0.3 is 15.2 Å². The van der Waals surface area contributed by atoms with Gasteiger partial charge in [-0.2, -0.15) is 0 Å². The molecule has 0 atom stereocenters. The number of hydrogen-bond acceptors (Lipinski definition) is 4. The molecule has 1 aliphatic rings. The maximum atomic E-state index is 10.3. The Labute approximate surface area is 112 Å². The van der Waals surface area contributed by atoms with E-state index in [0.29, 0.717) is 24.0 Å². The first-order chi connectivity index (χ1) is 9.24. The van der Waals surface area contributed by atoms with Crippen LogP contribution in [-0.2, 0) is 4.79 Å². The van der Waals surface area contributed by atoms with Crippen molar-refractivity contribution >= 4 is 5.97 Å². The molecule has 2 heterocycles. The van der Waals surface area contributed by atoms with Gasteiger partial charge >= 0.3 is 5.97 Å². The van der Waals surface area contributed by atoms with Crippen LogP contribution < -0.4 is 10.1 Å². The fraction of sp³-hybridized carbons (Fsp3) is 0.429.